The van der Waals surface area contributed by atoms with E-state index in [1.54, 1.807) is 6.20 Å². The van der Waals surface area contributed by atoms with Gasteiger partial charge in [0.05, 0.1) is 11.6 Å². The maximum atomic E-state index is 12.6. The third kappa shape index (κ3) is 4.66. The Kier molecular flexibility index (Phi) is 6.39. The molecule has 0 radical (unpaired) electrons. The van der Waals surface area contributed by atoms with Crippen LogP contribution < -0.4 is 0 Å². The quantitative estimate of drug-likeness (QED) is 0.428. The predicted molar refractivity (Wildman–Crippen MR) is 88.8 cm³/mol. The Bertz CT molecular complexity index is 502. The summed E-state index contributed by atoms with van der Waals surface area (Å²) in [6.07, 6.45) is 12.2. The summed E-state index contributed by atoms with van der Waals surface area (Å²) in [5, 5.41) is 0. The highest BCUT2D eigenvalue weighted by Crippen LogP contribution is 2.22. The van der Waals surface area contributed by atoms with E-state index >= 15 is 0 Å². The second-order valence-corrected chi connectivity index (χ2v) is 5.71. The lowest BCUT2D eigenvalue weighted by Crippen LogP contribution is -2.25. The van der Waals surface area contributed by atoms with Gasteiger partial charge in [-0.2, -0.15) is 0 Å². The van der Waals surface area contributed by atoms with Gasteiger partial charge in [-0.15, -0.1) is 0 Å². The molecule has 0 saturated carbocycles. The third-order valence-corrected chi connectivity index (χ3v) is 4.05. The molecular weight excluding hydrogens is 258 g/mol. The average Bonchev–Trinajstić information content (AvgIpc) is 2.48. The number of Topliss-reactive ketones (excluding diaryl/α,β-unsaturated/α-hetero) is 1. The Hall–Kier alpha value is -1.70. The molecule has 0 amide bonds. The Labute approximate surface area is 128 Å². The van der Waals surface area contributed by atoms with Gasteiger partial charge in [-0.05, 0) is 12.5 Å². The van der Waals surface area contributed by atoms with Crippen molar-refractivity contribution in [3.8, 4) is 0 Å². The van der Waals surface area contributed by atoms with Crippen LogP contribution in [-0.4, -0.2) is 11.5 Å². The highest BCUT2D eigenvalue weighted by molar-refractivity contribution is 6.17. The smallest absolute Gasteiger partial charge is 0.171 e. The molecule has 1 atom stereocenters. The Morgan fingerprint density at radius 3 is 2.33 bits per heavy atom. The van der Waals surface area contributed by atoms with Crippen molar-refractivity contribution in [1.82, 2.24) is 0 Å². The van der Waals surface area contributed by atoms with Crippen LogP contribution in [-0.2, 0) is 0 Å². The van der Waals surface area contributed by atoms with Gasteiger partial charge in [0.15, 0.2) is 5.78 Å². The topological polar surface area (TPSA) is 29.4 Å². The molecule has 0 spiro atoms. The van der Waals surface area contributed by atoms with Crippen LogP contribution in [0.2, 0.25) is 0 Å². The van der Waals surface area contributed by atoms with Gasteiger partial charge in [0.1, 0.15) is 0 Å². The van der Waals surface area contributed by atoms with Gasteiger partial charge in [-0.25, -0.2) is 0 Å². The number of hydrogen-bond donors (Lipinski definition) is 0. The molecule has 1 aromatic carbocycles. The minimum Gasteiger partial charge on any atom is -0.293 e. The van der Waals surface area contributed by atoms with E-state index in [1.165, 1.54) is 32.1 Å². The number of allylic oxidation sites excluding steroid dienone is 1. The van der Waals surface area contributed by atoms with Crippen molar-refractivity contribution in [2.75, 3.05) is 0 Å². The lowest BCUT2D eigenvalue weighted by molar-refractivity contribution is 0.0948. The molecule has 0 saturated heterocycles. The molecule has 1 aromatic rings. The fraction of sp³-hybridized carbons (Fsp3) is 0.474. The maximum Gasteiger partial charge on any atom is 0.171 e. The molecule has 1 heterocycles. The van der Waals surface area contributed by atoms with E-state index in [2.05, 4.69) is 11.9 Å². The summed E-state index contributed by atoms with van der Waals surface area (Å²) in [7, 11) is 0. The summed E-state index contributed by atoms with van der Waals surface area (Å²) < 4.78 is 0. The number of carbonyl (C=O) groups is 1. The molecule has 2 heteroatoms. The zero-order chi connectivity index (χ0) is 14.9. The summed E-state index contributed by atoms with van der Waals surface area (Å²) in [4.78, 5) is 16.9. The van der Waals surface area contributed by atoms with Gasteiger partial charge >= 0.3 is 0 Å². The van der Waals surface area contributed by atoms with Crippen LogP contribution in [0, 0.1) is 5.92 Å². The Balaban J connectivity index is 1.86. The van der Waals surface area contributed by atoms with Gasteiger partial charge in [0.25, 0.3) is 0 Å². The van der Waals surface area contributed by atoms with Gasteiger partial charge in [-0.3, -0.25) is 9.79 Å². The van der Waals surface area contributed by atoms with Crippen molar-refractivity contribution < 1.29 is 4.79 Å². The van der Waals surface area contributed by atoms with E-state index in [0.717, 1.165) is 24.1 Å². The van der Waals surface area contributed by atoms with E-state index in [-0.39, 0.29) is 11.7 Å². The molecule has 0 bridgehead atoms. The summed E-state index contributed by atoms with van der Waals surface area (Å²) in [6, 6.07) is 9.60. The molecule has 2 nitrogen and oxygen atoms in total. The van der Waals surface area contributed by atoms with Crippen LogP contribution in [0.4, 0.5) is 0 Å². The second-order valence-electron chi connectivity index (χ2n) is 5.71. The van der Waals surface area contributed by atoms with Crippen LogP contribution in [0.3, 0.4) is 0 Å². The van der Waals surface area contributed by atoms with E-state index < -0.39 is 0 Å². The van der Waals surface area contributed by atoms with Crippen LogP contribution in [0.25, 0.3) is 0 Å². The standard InChI is InChI=1S/C19H25NO/c1-2-3-4-5-6-10-13-17(18-14-15-20-18)19(21)16-11-8-7-9-12-16/h7-9,11-12,14-15,17H,2-6,10,13H2,1H3. The van der Waals surface area contributed by atoms with Crippen molar-refractivity contribution in [3.63, 3.8) is 0 Å². The largest absolute Gasteiger partial charge is 0.293 e. The van der Waals surface area contributed by atoms with Crippen LogP contribution in [0.5, 0.6) is 0 Å². The van der Waals surface area contributed by atoms with E-state index in [0.29, 0.717) is 0 Å². The number of hydrogen-bond acceptors (Lipinski definition) is 2. The highest BCUT2D eigenvalue weighted by atomic mass is 16.1. The van der Waals surface area contributed by atoms with Gasteiger partial charge in [0.2, 0.25) is 0 Å². The van der Waals surface area contributed by atoms with Crippen LogP contribution in [0.1, 0.15) is 62.2 Å². The molecule has 2 rings (SSSR count). The molecule has 21 heavy (non-hydrogen) atoms. The first-order valence-corrected chi connectivity index (χ1v) is 8.16. The van der Waals surface area contributed by atoms with E-state index in [9.17, 15) is 4.79 Å². The lowest BCUT2D eigenvalue weighted by atomic mass is 9.87. The zero-order valence-electron chi connectivity index (χ0n) is 12.9. The van der Waals surface area contributed by atoms with Crippen LogP contribution >= 0.6 is 0 Å². The zero-order valence-corrected chi connectivity index (χ0v) is 12.9. The summed E-state index contributed by atoms with van der Waals surface area (Å²) >= 11 is 0. The molecule has 0 N–H and O–H groups in total. The van der Waals surface area contributed by atoms with Crippen molar-refractivity contribution in [2.45, 2.75) is 51.9 Å². The second kappa shape index (κ2) is 8.56. The van der Waals surface area contributed by atoms with Gasteiger partial charge in [-0.1, -0.05) is 75.8 Å². The van der Waals surface area contributed by atoms with Gasteiger partial charge in [0, 0.05) is 11.8 Å². The molecule has 0 aromatic heterocycles. The average molecular weight is 283 g/mol. The number of rotatable bonds is 10. The fourth-order valence-corrected chi connectivity index (χ4v) is 2.71. The number of unbranched alkanes of at least 4 members (excludes halogenated alkanes) is 5. The van der Waals surface area contributed by atoms with Crippen molar-refractivity contribution in [1.29, 1.82) is 0 Å². The summed E-state index contributed by atoms with van der Waals surface area (Å²) in [5.41, 5.74) is 1.76. The summed E-state index contributed by atoms with van der Waals surface area (Å²) in [6.45, 7) is 2.23. The first-order valence-electron chi connectivity index (χ1n) is 8.16. The first kappa shape index (κ1) is 15.7. The molecule has 1 aliphatic heterocycles. The van der Waals surface area contributed by atoms with Crippen molar-refractivity contribution in [2.24, 2.45) is 10.9 Å². The maximum absolute atomic E-state index is 12.6. The number of carbonyl (C=O) groups excluding carboxylic acids is 1. The monoisotopic (exact) mass is 283 g/mol. The van der Waals surface area contributed by atoms with Crippen molar-refractivity contribution >= 4 is 11.5 Å². The Morgan fingerprint density at radius 1 is 1.05 bits per heavy atom. The first-order chi connectivity index (χ1) is 10.3. The highest BCUT2D eigenvalue weighted by Gasteiger charge is 2.25. The molecule has 1 unspecified atom stereocenters. The molecule has 0 fully saturated rings. The lowest BCUT2D eigenvalue weighted by Gasteiger charge is -2.18. The molecule has 0 aliphatic carbocycles. The van der Waals surface area contributed by atoms with Gasteiger partial charge < -0.3 is 0 Å². The van der Waals surface area contributed by atoms with Crippen LogP contribution in [0.15, 0.2) is 47.6 Å². The van der Waals surface area contributed by atoms with E-state index in [4.69, 9.17) is 0 Å². The van der Waals surface area contributed by atoms with E-state index in [1.807, 2.05) is 36.4 Å². The SMILES string of the molecule is CCCCCCCCC(C(=O)c1ccccc1)C1=NC=C1. The fourth-order valence-electron chi connectivity index (χ4n) is 2.71. The number of benzene rings is 1. The number of aliphatic imine (C=N–C) groups is 1. The van der Waals surface area contributed by atoms with Crippen molar-refractivity contribution in [3.05, 3.63) is 48.2 Å². The third-order valence-electron chi connectivity index (χ3n) is 4.05. The molecule has 1 aliphatic rings. The number of nitrogens with zero attached hydrogens (tertiary/aromatic N) is 1. The normalized spacial score (nSPS) is 14.4. The minimum absolute atomic E-state index is 0.0522. The summed E-state index contributed by atoms with van der Waals surface area (Å²) in [5.74, 6) is 0.163. The predicted octanol–water partition coefficient (Wildman–Crippen LogP) is 5.20. The minimum atomic E-state index is -0.0522. The number of ketones is 1. The molecule has 112 valence electrons. The molecular formula is C19H25NO. The Morgan fingerprint density at radius 2 is 1.71 bits per heavy atom.